The van der Waals surface area contributed by atoms with Crippen LogP contribution < -0.4 is 0 Å². The van der Waals surface area contributed by atoms with E-state index in [0.29, 0.717) is 12.0 Å². The van der Waals surface area contributed by atoms with Crippen LogP contribution in [0.3, 0.4) is 0 Å². The number of ketones is 1. The molecular weight excluding hydrogens is 228 g/mol. The molecule has 0 bridgehead atoms. The Balaban J connectivity index is 1.96. The van der Waals surface area contributed by atoms with Crippen molar-refractivity contribution in [1.82, 2.24) is 0 Å². The molecule has 0 spiro atoms. The summed E-state index contributed by atoms with van der Waals surface area (Å²) in [5.41, 5.74) is 0.188. The van der Waals surface area contributed by atoms with Crippen LogP contribution in [0.1, 0.15) is 37.6 Å². The van der Waals surface area contributed by atoms with Gasteiger partial charge in [0.05, 0.1) is 5.92 Å². The molecule has 0 N–H and O–H groups in total. The van der Waals surface area contributed by atoms with Gasteiger partial charge in [0.25, 0.3) is 0 Å². The van der Waals surface area contributed by atoms with E-state index in [1.165, 1.54) is 0 Å². The van der Waals surface area contributed by atoms with Gasteiger partial charge >= 0.3 is 5.97 Å². The van der Waals surface area contributed by atoms with E-state index >= 15 is 0 Å². The fraction of sp³-hybridized carbons (Fsp3) is 0.467. The van der Waals surface area contributed by atoms with Crippen molar-refractivity contribution in [3.63, 3.8) is 0 Å². The highest BCUT2D eigenvalue weighted by Crippen LogP contribution is 2.42. The highest BCUT2D eigenvalue weighted by atomic mass is 16.6. The number of carbonyl (C=O) groups is 2. The second-order valence-corrected chi connectivity index (χ2v) is 5.71. The number of esters is 1. The first-order valence-corrected chi connectivity index (χ1v) is 6.20. The van der Waals surface area contributed by atoms with Gasteiger partial charge in [-0.1, -0.05) is 30.3 Å². The van der Waals surface area contributed by atoms with Crippen molar-refractivity contribution in [1.29, 1.82) is 0 Å². The summed E-state index contributed by atoms with van der Waals surface area (Å²) >= 11 is 0. The maximum atomic E-state index is 12.1. The molecule has 0 amide bonds. The van der Waals surface area contributed by atoms with Gasteiger partial charge in [0.15, 0.2) is 5.78 Å². The van der Waals surface area contributed by atoms with E-state index in [0.717, 1.165) is 0 Å². The molecule has 3 heteroatoms. The summed E-state index contributed by atoms with van der Waals surface area (Å²) < 4.78 is 5.29. The SMILES string of the molecule is CC(C)(C)OC(=O)[C@@H]1C[C@@H]1C(=O)c1ccccc1. The highest BCUT2D eigenvalue weighted by molar-refractivity contribution is 6.02. The van der Waals surface area contributed by atoms with Crippen molar-refractivity contribution in [2.24, 2.45) is 11.8 Å². The monoisotopic (exact) mass is 246 g/mol. The predicted molar refractivity (Wildman–Crippen MR) is 68.2 cm³/mol. The Labute approximate surface area is 107 Å². The van der Waals surface area contributed by atoms with Crippen LogP contribution in [0.4, 0.5) is 0 Å². The molecule has 1 aromatic carbocycles. The van der Waals surface area contributed by atoms with Crippen LogP contribution >= 0.6 is 0 Å². The molecule has 1 fully saturated rings. The topological polar surface area (TPSA) is 43.4 Å². The second kappa shape index (κ2) is 4.56. The fourth-order valence-electron chi connectivity index (χ4n) is 1.94. The van der Waals surface area contributed by atoms with Crippen molar-refractivity contribution in [2.75, 3.05) is 0 Å². The van der Waals surface area contributed by atoms with E-state index in [2.05, 4.69) is 0 Å². The van der Waals surface area contributed by atoms with Gasteiger partial charge in [-0.3, -0.25) is 9.59 Å². The zero-order chi connectivity index (χ0) is 13.3. The molecule has 0 unspecified atom stereocenters. The third-order valence-electron chi connectivity index (χ3n) is 2.90. The third kappa shape index (κ3) is 2.97. The van der Waals surface area contributed by atoms with E-state index in [4.69, 9.17) is 4.74 Å². The fourth-order valence-corrected chi connectivity index (χ4v) is 1.94. The number of hydrogen-bond acceptors (Lipinski definition) is 3. The zero-order valence-electron chi connectivity index (χ0n) is 11.0. The number of carbonyl (C=O) groups excluding carboxylic acids is 2. The first-order valence-electron chi connectivity index (χ1n) is 6.20. The molecule has 0 saturated heterocycles. The lowest BCUT2D eigenvalue weighted by Gasteiger charge is -2.19. The van der Waals surface area contributed by atoms with Crippen molar-refractivity contribution in [3.05, 3.63) is 35.9 Å². The quantitative estimate of drug-likeness (QED) is 0.608. The van der Waals surface area contributed by atoms with Gasteiger partial charge in [-0.25, -0.2) is 0 Å². The number of Topliss-reactive ketones (excluding diaryl/α,β-unsaturated/α-hetero) is 1. The third-order valence-corrected chi connectivity index (χ3v) is 2.90. The molecule has 0 aliphatic heterocycles. The number of ether oxygens (including phenoxy) is 1. The van der Waals surface area contributed by atoms with Crippen molar-refractivity contribution < 1.29 is 14.3 Å². The van der Waals surface area contributed by atoms with E-state index < -0.39 is 5.60 Å². The maximum Gasteiger partial charge on any atom is 0.310 e. The van der Waals surface area contributed by atoms with Crippen LogP contribution in [-0.4, -0.2) is 17.4 Å². The van der Waals surface area contributed by atoms with Gasteiger partial charge in [-0.15, -0.1) is 0 Å². The minimum atomic E-state index is -0.486. The molecule has 3 nitrogen and oxygen atoms in total. The molecule has 2 rings (SSSR count). The molecule has 18 heavy (non-hydrogen) atoms. The molecule has 1 aliphatic carbocycles. The Hall–Kier alpha value is -1.64. The first-order chi connectivity index (χ1) is 8.38. The zero-order valence-corrected chi connectivity index (χ0v) is 11.0. The molecule has 2 atom stereocenters. The minimum Gasteiger partial charge on any atom is -0.460 e. The Morgan fingerprint density at radius 1 is 1.11 bits per heavy atom. The van der Waals surface area contributed by atoms with Gasteiger partial charge in [0.2, 0.25) is 0 Å². The normalized spacial score (nSPS) is 22.4. The van der Waals surface area contributed by atoms with Crippen molar-refractivity contribution in [3.8, 4) is 0 Å². The van der Waals surface area contributed by atoms with Crippen molar-refractivity contribution in [2.45, 2.75) is 32.8 Å². The van der Waals surface area contributed by atoms with Crippen LogP contribution in [0.25, 0.3) is 0 Å². The Kier molecular flexibility index (Phi) is 3.24. The number of benzene rings is 1. The van der Waals surface area contributed by atoms with E-state index in [1.54, 1.807) is 12.1 Å². The van der Waals surface area contributed by atoms with Gasteiger partial charge in [-0.05, 0) is 27.2 Å². The molecule has 0 aromatic heterocycles. The van der Waals surface area contributed by atoms with Crippen LogP contribution in [0.5, 0.6) is 0 Å². The van der Waals surface area contributed by atoms with Crippen LogP contribution in [0, 0.1) is 11.8 Å². The molecule has 1 aliphatic rings. The van der Waals surface area contributed by atoms with Crippen LogP contribution in [-0.2, 0) is 9.53 Å². The maximum absolute atomic E-state index is 12.1. The van der Waals surface area contributed by atoms with Gasteiger partial charge < -0.3 is 4.74 Å². The number of rotatable bonds is 3. The summed E-state index contributed by atoms with van der Waals surface area (Å²) in [7, 11) is 0. The lowest BCUT2D eigenvalue weighted by atomic mass is 10.1. The molecule has 0 heterocycles. The van der Waals surface area contributed by atoms with Crippen LogP contribution in [0.15, 0.2) is 30.3 Å². The molecule has 0 radical (unpaired) electrons. The summed E-state index contributed by atoms with van der Waals surface area (Å²) in [5, 5.41) is 0. The van der Waals surface area contributed by atoms with Crippen LogP contribution in [0.2, 0.25) is 0 Å². The number of hydrogen-bond donors (Lipinski definition) is 0. The summed E-state index contributed by atoms with van der Waals surface area (Å²) in [4.78, 5) is 23.9. The smallest absolute Gasteiger partial charge is 0.310 e. The summed E-state index contributed by atoms with van der Waals surface area (Å²) in [6, 6.07) is 9.10. The van der Waals surface area contributed by atoms with E-state index in [1.807, 2.05) is 39.0 Å². The average Bonchev–Trinajstić information content (AvgIpc) is 3.07. The minimum absolute atomic E-state index is 0.0476. The lowest BCUT2D eigenvalue weighted by Crippen LogP contribution is -2.25. The highest BCUT2D eigenvalue weighted by Gasteiger charge is 2.49. The Bertz CT molecular complexity index is 456. The van der Waals surface area contributed by atoms with Gasteiger partial charge in [0, 0.05) is 11.5 Å². The van der Waals surface area contributed by atoms with E-state index in [9.17, 15) is 9.59 Å². The summed E-state index contributed by atoms with van der Waals surface area (Å²) in [6.45, 7) is 5.50. The molecular formula is C15H18O3. The molecule has 96 valence electrons. The average molecular weight is 246 g/mol. The van der Waals surface area contributed by atoms with Gasteiger partial charge in [0.1, 0.15) is 5.60 Å². The van der Waals surface area contributed by atoms with Crippen molar-refractivity contribution >= 4 is 11.8 Å². The first kappa shape index (κ1) is 12.8. The summed E-state index contributed by atoms with van der Waals surface area (Å²) in [6.07, 6.45) is 0.614. The predicted octanol–water partition coefficient (Wildman–Crippen LogP) is 2.85. The Morgan fingerprint density at radius 3 is 2.28 bits per heavy atom. The second-order valence-electron chi connectivity index (χ2n) is 5.71. The lowest BCUT2D eigenvalue weighted by molar-refractivity contribution is -0.156. The van der Waals surface area contributed by atoms with E-state index in [-0.39, 0.29) is 23.6 Å². The molecule has 1 aromatic rings. The van der Waals surface area contributed by atoms with Gasteiger partial charge in [-0.2, -0.15) is 0 Å². The molecule has 1 saturated carbocycles. The standard InChI is InChI=1S/C15H18O3/c1-15(2,3)18-14(17)12-9-11(12)13(16)10-7-5-4-6-8-10/h4-8,11-12H,9H2,1-3H3/t11-,12+/m0/s1. The summed E-state index contributed by atoms with van der Waals surface area (Å²) in [5.74, 6) is -0.651. The Morgan fingerprint density at radius 2 is 1.72 bits per heavy atom. The largest absolute Gasteiger partial charge is 0.460 e.